The van der Waals surface area contributed by atoms with Crippen LogP contribution in [-0.2, 0) is 32.7 Å². The van der Waals surface area contributed by atoms with Crippen LogP contribution in [0.5, 0.6) is 0 Å². The van der Waals surface area contributed by atoms with Gasteiger partial charge in [-0.05, 0) is 24.6 Å². The Kier molecular flexibility index (Phi) is 4.91. The molecule has 2 aliphatic heterocycles. The SMILES string of the molecule is [2H]C1(N2Cc3c(NCc4cccc(S(N)(=O)=O)c4F)cccc3C2=O)CCC(=O)NC1=O. The largest absolute Gasteiger partial charge is 0.381 e. The molecule has 2 heterocycles. The van der Waals surface area contributed by atoms with E-state index < -0.39 is 44.5 Å². The van der Waals surface area contributed by atoms with Gasteiger partial charge in [0.25, 0.3) is 5.91 Å². The number of primary sulfonamides is 1. The summed E-state index contributed by atoms with van der Waals surface area (Å²) in [6, 6.07) is 6.72. The van der Waals surface area contributed by atoms with Gasteiger partial charge in [0.1, 0.15) is 16.7 Å². The highest BCUT2D eigenvalue weighted by molar-refractivity contribution is 7.89. The van der Waals surface area contributed by atoms with Crippen molar-refractivity contribution in [1.82, 2.24) is 10.2 Å². The molecule has 2 aliphatic rings. The molecule has 162 valence electrons. The number of nitrogens with zero attached hydrogens (tertiary/aromatic N) is 1. The molecule has 0 saturated carbocycles. The first-order valence-electron chi connectivity index (χ1n) is 9.84. The molecule has 0 spiro atoms. The monoisotopic (exact) mass is 447 g/mol. The van der Waals surface area contributed by atoms with Crippen LogP contribution in [-0.4, -0.2) is 37.1 Å². The number of imide groups is 1. The third-order valence-corrected chi connectivity index (χ3v) is 6.14. The molecule has 1 fully saturated rings. The molecule has 0 aromatic heterocycles. The Bertz CT molecular complexity index is 1270. The number of benzene rings is 2. The standard InChI is InChI=1S/C20H19FN4O5S/c21-18-11(3-1-6-16(18)31(22,29)30)9-23-14-5-2-4-12-13(14)10-25(20(12)28)15-7-8-17(26)24-19(15)27/h1-6,15,23H,7-10H2,(H2,22,29,30)(H,24,26,27)/i15D. The van der Waals surface area contributed by atoms with Crippen molar-refractivity contribution in [3.05, 3.63) is 58.9 Å². The van der Waals surface area contributed by atoms with Gasteiger partial charge in [0.2, 0.25) is 21.8 Å². The molecular formula is C20H19FN4O5S. The van der Waals surface area contributed by atoms with Crippen LogP contribution in [0.2, 0.25) is 0 Å². The van der Waals surface area contributed by atoms with E-state index in [0.29, 0.717) is 11.3 Å². The van der Waals surface area contributed by atoms with Gasteiger partial charge < -0.3 is 10.2 Å². The molecule has 0 radical (unpaired) electrons. The van der Waals surface area contributed by atoms with Crippen LogP contribution in [0.15, 0.2) is 41.3 Å². The molecule has 0 aliphatic carbocycles. The molecule has 1 unspecified atom stereocenters. The minimum absolute atomic E-state index is 0.0532. The molecule has 2 aromatic rings. The summed E-state index contributed by atoms with van der Waals surface area (Å²) >= 11 is 0. The smallest absolute Gasteiger partial charge is 0.255 e. The van der Waals surface area contributed by atoms with Gasteiger partial charge >= 0.3 is 0 Å². The Hall–Kier alpha value is -3.31. The molecule has 1 atom stereocenters. The highest BCUT2D eigenvalue weighted by atomic mass is 32.2. The zero-order chi connectivity index (χ0) is 23.3. The summed E-state index contributed by atoms with van der Waals surface area (Å²) < 4.78 is 46.2. The number of nitrogens with two attached hydrogens (primary N) is 1. The average molecular weight is 447 g/mol. The van der Waals surface area contributed by atoms with Gasteiger partial charge in [-0.25, -0.2) is 17.9 Å². The molecule has 31 heavy (non-hydrogen) atoms. The minimum atomic E-state index is -4.23. The fraction of sp³-hybridized carbons (Fsp3) is 0.250. The Balaban J connectivity index is 1.60. The van der Waals surface area contributed by atoms with Gasteiger partial charge in [0.05, 0.1) is 1.37 Å². The number of amides is 3. The second-order valence-electron chi connectivity index (χ2n) is 7.17. The predicted octanol–water partition coefficient (Wildman–Crippen LogP) is 0.846. The van der Waals surface area contributed by atoms with E-state index in [1.54, 1.807) is 18.2 Å². The summed E-state index contributed by atoms with van der Waals surface area (Å²) in [5.74, 6) is -2.84. The third-order valence-electron chi connectivity index (χ3n) is 5.22. The van der Waals surface area contributed by atoms with Crippen molar-refractivity contribution >= 4 is 33.4 Å². The number of halogens is 1. The fourth-order valence-electron chi connectivity index (χ4n) is 3.68. The highest BCUT2D eigenvalue weighted by Crippen LogP contribution is 2.32. The number of piperidine rings is 1. The lowest BCUT2D eigenvalue weighted by atomic mass is 10.0. The lowest BCUT2D eigenvalue weighted by Crippen LogP contribution is -2.52. The zero-order valence-corrected chi connectivity index (χ0v) is 17.0. The van der Waals surface area contributed by atoms with E-state index in [-0.39, 0.29) is 37.1 Å². The lowest BCUT2D eigenvalue weighted by Gasteiger charge is -2.29. The molecule has 3 amide bonds. The van der Waals surface area contributed by atoms with E-state index in [4.69, 9.17) is 6.51 Å². The number of carbonyl (C=O) groups excluding carboxylic acids is 3. The van der Waals surface area contributed by atoms with E-state index in [0.717, 1.165) is 11.0 Å². The normalized spacial score (nSPS) is 21.5. The first kappa shape index (κ1) is 19.6. The summed E-state index contributed by atoms with van der Waals surface area (Å²) in [6.45, 7) is -0.150. The molecule has 4 N–H and O–H groups in total. The van der Waals surface area contributed by atoms with Gasteiger partial charge in [0.15, 0.2) is 0 Å². The summed E-state index contributed by atoms with van der Waals surface area (Å²) in [4.78, 5) is 37.2. The Morgan fingerprint density at radius 3 is 2.68 bits per heavy atom. The third kappa shape index (κ3) is 3.89. The molecule has 1 saturated heterocycles. The Labute approximate surface area is 178 Å². The number of anilines is 1. The van der Waals surface area contributed by atoms with Crippen molar-refractivity contribution in [1.29, 1.82) is 0 Å². The van der Waals surface area contributed by atoms with Crippen LogP contribution >= 0.6 is 0 Å². The van der Waals surface area contributed by atoms with Gasteiger partial charge in [0, 0.05) is 41.9 Å². The maximum atomic E-state index is 14.6. The van der Waals surface area contributed by atoms with E-state index in [9.17, 15) is 27.2 Å². The van der Waals surface area contributed by atoms with Crippen LogP contribution in [0, 0.1) is 5.82 Å². The van der Waals surface area contributed by atoms with Crippen LogP contribution < -0.4 is 15.8 Å². The molecule has 4 rings (SSSR count). The first-order valence-corrected chi connectivity index (χ1v) is 10.9. The van der Waals surface area contributed by atoms with E-state index in [2.05, 4.69) is 10.6 Å². The Morgan fingerprint density at radius 1 is 1.23 bits per heavy atom. The maximum absolute atomic E-state index is 14.6. The number of hydrogen-bond acceptors (Lipinski definition) is 6. The van der Waals surface area contributed by atoms with Crippen LogP contribution in [0.4, 0.5) is 10.1 Å². The summed E-state index contributed by atoms with van der Waals surface area (Å²) in [5.41, 5.74) is 1.31. The lowest BCUT2D eigenvalue weighted by molar-refractivity contribution is -0.136. The zero-order valence-electron chi connectivity index (χ0n) is 17.1. The van der Waals surface area contributed by atoms with Gasteiger partial charge in [-0.3, -0.25) is 19.7 Å². The fourth-order valence-corrected chi connectivity index (χ4v) is 4.33. The predicted molar refractivity (Wildman–Crippen MR) is 108 cm³/mol. The molecule has 9 nitrogen and oxygen atoms in total. The number of sulfonamides is 1. The van der Waals surface area contributed by atoms with Gasteiger partial charge in [-0.15, -0.1) is 0 Å². The summed E-state index contributed by atoms with van der Waals surface area (Å²) in [6.07, 6.45) is -0.175. The van der Waals surface area contributed by atoms with Crippen molar-refractivity contribution in [2.45, 2.75) is 36.8 Å². The number of carbonyl (C=O) groups is 3. The van der Waals surface area contributed by atoms with Crippen molar-refractivity contribution in [2.75, 3.05) is 5.32 Å². The number of fused-ring (bicyclic) bond motifs is 1. The average Bonchev–Trinajstić information content (AvgIpc) is 3.07. The maximum Gasteiger partial charge on any atom is 0.255 e. The molecular weight excluding hydrogens is 427 g/mol. The Morgan fingerprint density at radius 2 is 1.97 bits per heavy atom. The molecule has 11 heteroatoms. The molecule has 2 aromatic carbocycles. The van der Waals surface area contributed by atoms with Crippen LogP contribution in [0.25, 0.3) is 0 Å². The highest BCUT2D eigenvalue weighted by Gasteiger charge is 2.39. The first-order chi connectivity index (χ1) is 15.0. The summed E-state index contributed by atoms with van der Waals surface area (Å²) in [5, 5.41) is 10.1. The quantitative estimate of drug-likeness (QED) is 0.581. The van der Waals surface area contributed by atoms with Gasteiger partial charge in [-0.1, -0.05) is 18.2 Å². The topological polar surface area (TPSA) is 139 Å². The minimum Gasteiger partial charge on any atom is -0.381 e. The van der Waals surface area contributed by atoms with Crippen molar-refractivity contribution in [3.63, 3.8) is 0 Å². The van der Waals surface area contributed by atoms with Gasteiger partial charge in [-0.2, -0.15) is 0 Å². The second kappa shape index (κ2) is 7.75. The van der Waals surface area contributed by atoms with Crippen molar-refractivity contribution in [3.8, 4) is 0 Å². The van der Waals surface area contributed by atoms with Crippen LogP contribution in [0.1, 0.15) is 35.7 Å². The van der Waals surface area contributed by atoms with E-state index in [1.165, 1.54) is 12.1 Å². The second-order valence-corrected chi connectivity index (χ2v) is 8.70. The number of nitrogens with one attached hydrogen (secondary N) is 2. The number of rotatable bonds is 5. The van der Waals surface area contributed by atoms with Crippen molar-refractivity contribution < 1.29 is 28.6 Å². The summed E-state index contributed by atoms with van der Waals surface area (Å²) in [7, 11) is -4.23. The van der Waals surface area contributed by atoms with E-state index in [1.807, 2.05) is 0 Å². The van der Waals surface area contributed by atoms with Crippen molar-refractivity contribution in [2.24, 2.45) is 5.14 Å². The number of hydrogen-bond donors (Lipinski definition) is 3. The van der Waals surface area contributed by atoms with Crippen LogP contribution in [0.3, 0.4) is 0 Å². The molecule has 0 bridgehead atoms. The van der Waals surface area contributed by atoms with E-state index >= 15 is 0 Å².